The largest absolute Gasteiger partial charge is 0.348 e. The molecule has 0 heterocycles. The van der Waals surface area contributed by atoms with E-state index < -0.39 is 0 Å². The summed E-state index contributed by atoms with van der Waals surface area (Å²) in [5.41, 5.74) is 1.99. The summed E-state index contributed by atoms with van der Waals surface area (Å²) in [5.74, 6) is 0.530. The average molecular weight is 346 g/mol. The Labute approximate surface area is 151 Å². The summed E-state index contributed by atoms with van der Waals surface area (Å²) in [6, 6.07) is 8.13. The van der Waals surface area contributed by atoms with Gasteiger partial charge in [-0.25, -0.2) is 0 Å². The molecule has 0 saturated heterocycles. The number of hydrogen-bond acceptors (Lipinski definition) is 2. The maximum absolute atomic E-state index is 12.3. The number of carbonyl (C=O) groups is 2. The van der Waals surface area contributed by atoms with Crippen LogP contribution >= 0.6 is 0 Å². The highest BCUT2D eigenvalue weighted by molar-refractivity contribution is 5.92. The van der Waals surface area contributed by atoms with Crippen molar-refractivity contribution in [1.29, 1.82) is 0 Å². The minimum Gasteiger partial charge on any atom is -0.348 e. The zero-order valence-corrected chi connectivity index (χ0v) is 15.7. The van der Waals surface area contributed by atoms with Crippen molar-refractivity contribution >= 4 is 17.5 Å². The van der Waals surface area contributed by atoms with Crippen molar-refractivity contribution in [2.75, 3.05) is 25.5 Å². The average Bonchev–Trinajstić information content (AvgIpc) is 2.57. The van der Waals surface area contributed by atoms with Gasteiger partial charge in [0, 0.05) is 11.7 Å². The second-order valence-electron chi connectivity index (χ2n) is 7.31. The number of anilines is 1. The molecule has 1 aliphatic rings. The molecule has 0 spiro atoms. The van der Waals surface area contributed by atoms with E-state index in [2.05, 4.69) is 24.5 Å². The molecule has 5 heteroatoms. The fourth-order valence-corrected chi connectivity index (χ4v) is 3.54. The highest BCUT2D eigenvalue weighted by Gasteiger charge is 2.24. The van der Waals surface area contributed by atoms with Gasteiger partial charge in [0.05, 0.1) is 7.05 Å². The van der Waals surface area contributed by atoms with Crippen molar-refractivity contribution in [3.63, 3.8) is 0 Å². The van der Waals surface area contributed by atoms with Crippen molar-refractivity contribution in [3.8, 4) is 0 Å². The number of carbonyl (C=O) groups excluding carboxylic acids is 2. The minimum atomic E-state index is -0.0581. The Bertz CT molecular complexity index is 588. The van der Waals surface area contributed by atoms with Crippen LogP contribution in [0, 0.1) is 5.92 Å². The first-order valence-electron chi connectivity index (χ1n) is 9.48. The van der Waals surface area contributed by atoms with Crippen LogP contribution in [0.4, 0.5) is 5.69 Å². The fraction of sp³-hybridized carbons (Fsp3) is 0.600. The third kappa shape index (κ3) is 6.16. The van der Waals surface area contributed by atoms with Crippen LogP contribution < -0.4 is 15.5 Å². The molecule has 138 valence electrons. The minimum absolute atomic E-state index is 0.0398. The monoisotopic (exact) mass is 346 g/mol. The van der Waals surface area contributed by atoms with E-state index in [0.29, 0.717) is 18.5 Å². The van der Waals surface area contributed by atoms with Crippen molar-refractivity contribution in [3.05, 3.63) is 29.8 Å². The molecule has 3 atom stereocenters. The van der Waals surface area contributed by atoms with Crippen LogP contribution in [0.3, 0.4) is 0 Å². The third-order valence-corrected chi connectivity index (χ3v) is 5.05. The van der Waals surface area contributed by atoms with E-state index in [0.717, 1.165) is 29.0 Å². The van der Waals surface area contributed by atoms with Gasteiger partial charge in [0.25, 0.3) is 11.8 Å². The number of hydrogen-bond donors (Lipinski definition) is 3. The molecule has 2 rings (SSSR count). The first kappa shape index (κ1) is 19.4. The molecule has 0 aliphatic heterocycles. The molecule has 5 nitrogen and oxygen atoms in total. The second kappa shape index (κ2) is 9.56. The highest BCUT2D eigenvalue weighted by Crippen LogP contribution is 2.23. The van der Waals surface area contributed by atoms with E-state index in [1.807, 2.05) is 31.3 Å². The van der Waals surface area contributed by atoms with Gasteiger partial charge in [0.1, 0.15) is 0 Å². The molecule has 3 N–H and O–H groups in total. The normalized spacial score (nSPS) is 21.4. The van der Waals surface area contributed by atoms with Crippen LogP contribution in [0.15, 0.2) is 24.3 Å². The number of rotatable bonds is 7. The molecular weight excluding hydrogens is 314 g/mol. The summed E-state index contributed by atoms with van der Waals surface area (Å²) in [7, 11) is 1.88. The lowest BCUT2D eigenvalue weighted by Crippen LogP contribution is -3.11. The van der Waals surface area contributed by atoms with Crippen LogP contribution in [-0.4, -0.2) is 38.0 Å². The fourth-order valence-electron chi connectivity index (χ4n) is 3.54. The third-order valence-electron chi connectivity index (χ3n) is 5.05. The molecule has 1 aliphatic carbocycles. The van der Waals surface area contributed by atoms with Crippen LogP contribution in [0.25, 0.3) is 0 Å². The topological polar surface area (TPSA) is 62.6 Å². The van der Waals surface area contributed by atoms with Crippen LogP contribution in [0.5, 0.6) is 0 Å². The van der Waals surface area contributed by atoms with E-state index in [4.69, 9.17) is 0 Å². The molecule has 0 radical (unpaired) electrons. The number of likely N-dealkylation sites (N-methyl/N-ethyl adjacent to an activating group) is 1. The number of aryl methyl sites for hydroxylation is 1. The van der Waals surface area contributed by atoms with Crippen LogP contribution in [-0.2, 0) is 16.0 Å². The maximum Gasteiger partial charge on any atom is 0.279 e. The predicted molar refractivity (Wildman–Crippen MR) is 101 cm³/mol. The predicted octanol–water partition coefficient (Wildman–Crippen LogP) is 1.40. The van der Waals surface area contributed by atoms with Crippen molar-refractivity contribution < 1.29 is 14.5 Å². The molecule has 2 amide bonds. The zero-order chi connectivity index (χ0) is 18.2. The Morgan fingerprint density at radius 2 is 1.80 bits per heavy atom. The standard InChI is InChI=1S/C20H31N3O2/c1-4-16-10-6-8-12-18(16)22-20(25)14-23(3)13-19(24)21-17-11-7-5-9-15(17)2/h6,8,10,12,15,17H,4-5,7,9,11,13-14H2,1-3H3,(H,21,24)(H,22,25)/p+1/t15-,17+/m0/s1. The van der Waals surface area contributed by atoms with Crippen LogP contribution in [0.1, 0.15) is 45.1 Å². The van der Waals surface area contributed by atoms with Gasteiger partial charge in [-0.15, -0.1) is 0 Å². The number of nitrogens with one attached hydrogen (secondary N) is 3. The van der Waals surface area contributed by atoms with Gasteiger partial charge in [-0.3, -0.25) is 9.59 Å². The van der Waals surface area contributed by atoms with Gasteiger partial charge in [-0.1, -0.05) is 44.9 Å². The van der Waals surface area contributed by atoms with Crippen molar-refractivity contribution in [1.82, 2.24) is 5.32 Å². The first-order valence-corrected chi connectivity index (χ1v) is 9.48. The molecule has 25 heavy (non-hydrogen) atoms. The van der Waals surface area contributed by atoms with Gasteiger partial charge in [-0.2, -0.15) is 0 Å². The number of benzene rings is 1. The number of quaternary nitrogens is 1. The highest BCUT2D eigenvalue weighted by atomic mass is 16.2. The van der Waals surface area contributed by atoms with Gasteiger partial charge in [-0.05, 0) is 36.8 Å². The SMILES string of the molecule is CCc1ccccc1NC(=O)C[NH+](C)CC(=O)N[C@@H]1CCCC[C@@H]1C. The first-order chi connectivity index (χ1) is 12.0. The Morgan fingerprint density at radius 3 is 2.52 bits per heavy atom. The van der Waals surface area contributed by atoms with Gasteiger partial charge in [0.15, 0.2) is 13.1 Å². The molecule has 1 aromatic rings. The Morgan fingerprint density at radius 1 is 1.12 bits per heavy atom. The zero-order valence-electron chi connectivity index (χ0n) is 15.7. The smallest absolute Gasteiger partial charge is 0.279 e. The lowest BCUT2D eigenvalue weighted by Gasteiger charge is -2.29. The van der Waals surface area contributed by atoms with Crippen LogP contribution in [0.2, 0.25) is 0 Å². The van der Waals surface area contributed by atoms with E-state index in [1.165, 1.54) is 19.3 Å². The van der Waals surface area contributed by atoms with Crippen molar-refractivity contribution in [2.45, 2.75) is 52.0 Å². The van der Waals surface area contributed by atoms with E-state index in [1.54, 1.807) is 0 Å². The summed E-state index contributed by atoms with van der Waals surface area (Å²) < 4.78 is 0. The Balaban J connectivity index is 1.77. The molecule has 1 saturated carbocycles. The lowest BCUT2D eigenvalue weighted by atomic mass is 9.86. The summed E-state index contributed by atoms with van der Waals surface area (Å²) >= 11 is 0. The molecule has 1 aromatic carbocycles. The lowest BCUT2D eigenvalue weighted by molar-refractivity contribution is -0.862. The summed E-state index contributed by atoms with van der Waals surface area (Å²) in [6.07, 6.45) is 5.59. The molecule has 0 bridgehead atoms. The maximum atomic E-state index is 12.3. The van der Waals surface area contributed by atoms with Gasteiger partial charge in [0.2, 0.25) is 0 Å². The number of para-hydroxylation sites is 1. The molecule has 1 unspecified atom stereocenters. The Kier molecular flexibility index (Phi) is 7.44. The summed E-state index contributed by atoms with van der Waals surface area (Å²) in [4.78, 5) is 25.4. The van der Waals surface area contributed by atoms with Gasteiger partial charge < -0.3 is 15.5 Å². The molecule has 1 fully saturated rings. The van der Waals surface area contributed by atoms with Gasteiger partial charge >= 0.3 is 0 Å². The molecular formula is C20H32N3O2+. The quantitative estimate of drug-likeness (QED) is 0.699. The summed E-state index contributed by atoms with van der Waals surface area (Å²) in [5, 5.41) is 6.11. The van der Waals surface area contributed by atoms with E-state index >= 15 is 0 Å². The molecule has 0 aromatic heterocycles. The Hall–Kier alpha value is -1.88. The van der Waals surface area contributed by atoms with E-state index in [-0.39, 0.29) is 18.4 Å². The number of amides is 2. The second-order valence-corrected chi connectivity index (χ2v) is 7.31. The van der Waals surface area contributed by atoms with Crippen molar-refractivity contribution in [2.24, 2.45) is 5.92 Å². The summed E-state index contributed by atoms with van der Waals surface area (Å²) in [6.45, 7) is 4.88. The van der Waals surface area contributed by atoms with E-state index in [9.17, 15) is 9.59 Å².